The fourth-order valence-corrected chi connectivity index (χ4v) is 3.90. The van der Waals surface area contributed by atoms with Crippen molar-refractivity contribution in [2.45, 2.75) is 39.5 Å². The summed E-state index contributed by atoms with van der Waals surface area (Å²) in [6.45, 7) is 4.57. The lowest BCUT2D eigenvalue weighted by Crippen LogP contribution is -2.27. The van der Waals surface area contributed by atoms with Crippen molar-refractivity contribution in [3.8, 4) is 0 Å². The second-order valence-corrected chi connectivity index (χ2v) is 6.94. The maximum atomic E-state index is 12.6. The topological polar surface area (TPSA) is 17.1 Å². The Balaban J connectivity index is 1.73. The van der Waals surface area contributed by atoms with Gasteiger partial charge in [-0.05, 0) is 47.4 Å². The highest BCUT2D eigenvalue weighted by Gasteiger charge is 2.28. The summed E-state index contributed by atoms with van der Waals surface area (Å²) in [5.41, 5.74) is 1.16. The number of hydrogen-bond acceptors (Lipinski definition) is 1. The van der Waals surface area contributed by atoms with Crippen LogP contribution in [0, 0.1) is 17.8 Å². The maximum absolute atomic E-state index is 12.6. The Morgan fingerprint density at radius 1 is 0.952 bits per heavy atom. The van der Waals surface area contributed by atoms with Crippen molar-refractivity contribution < 1.29 is 4.79 Å². The van der Waals surface area contributed by atoms with Crippen LogP contribution in [0.2, 0.25) is 0 Å². The van der Waals surface area contributed by atoms with Gasteiger partial charge in [-0.3, -0.25) is 4.79 Å². The van der Waals surface area contributed by atoms with Gasteiger partial charge in [0.1, 0.15) is 5.78 Å². The maximum Gasteiger partial charge on any atom is 0.140 e. The van der Waals surface area contributed by atoms with Gasteiger partial charge in [0.25, 0.3) is 0 Å². The van der Waals surface area contributed by atoms with Crippen LogP contribution in [0.3, 0.4) is 0 Å². The molecule has 0 N–H and O–H groups in total. The minimum atomic E-state index is 0.273. The van der Waals surface area contributed by atoms with E-state index in [0.29, 0.717) is 24.0 Å². The summed E-state index contributed by atoms with van der Waals surface area (Å²) in [4.78, 5) is 12.6. The lowest BCUT2D eigenvalue weighted by molar-refractivity contribution is -0.124. The van der Waals surface area contributed by atoms with Crippen LogP contribution < -0.4 is 0 Å². The Labute approximate surface area is 127 Å². The van der Waals surface area contributed by atoms with Crippen LogP contribution in [0.5, 0.6) is 0 Å². The largest absolute Gasteiger partial charge is 0.299 e. The second kappa shape index (κ2) is 6.01. The molecule has 1 nitrogen and oxygen atoms in total. The quantitative estimate of drug-likeness (QED) is 0.771. The molecule has 3 rings (SSSR count). The summed E-state index contributed by atoms with van der Waals surface area (Å²) < 4.78 is 0. The number of hydrogen-bond donors (Lipinski definition) is 0. The predicted molar refractivity (Wildman–Crippen MR) is 88.3 cm³/mol. The fourth-order valence-electron chi connectivity index (χ4n) is 3.90. The van der Waals surface area contributed by atoms with Gasteiger partial charge in [-0.25, -0.2) is 0 Å². The van der Waals surface area contributed by atoms with Gasteiger partial charge in [-0.15, -0.1) is 0 Å². The number of carbonyl (C=O) groups excluding carboxylic acids is 1. The Bertz CT molecular complexity index is 633. The van der Waals surface area contributed by atoms with E-state index in [2.05, 4.69) is 56.3 Å². The third-order valence-corrected chi connectivity index (χ3v) is 4.83. The molecule has 0 aliphatic heterocycles. The van der Waals surface area contributed by atoms with E-state index in [1.807, 2.05) is 0 Å². The Hall–Kier alpha value is -1.63. The molecular weight excluding hydrogens is 256 g/mol. The van der Waals surface area contributed by atoms with Gasteiger partial charge in [0.15, 0.2) is 0 Å². The Kier molecular flexibility index (Phi) is 4.10. The average Bonchev–Trinajstić information content (AvgIpc) is 2.46. The van der Waals surface area contributed by atoms with Crippen molar-refractivity contribution in [2.75, 3.05) is 0 Å². The average molecular weight is 280 g/mol. The van der Waals surface area contributed by atoms with E-state index in [0.717, 1.165) is 18.4 Å². The summed E-state index contributed by atoms with van der Waals surface area (Å²) in [5, 5.41) is 2.47. The Morgan fingerprint density at radius 2 is 1.62 bits per heavy atom. The van der Waals surface area contributed by atoms with Crippen molar-refractivity contribution in [2.24, 2.45) is 17.8 Å². The van der Waals surface area contributed by atoms with E-state index >= 15 is 0 Å². The molecule has 0 spiro atoms. The van der Waals surface area contributed by atoms with Crippen LogP contribution in [-0.4, -0.2) is 5.78 Å². The van der Waals surface area contributed by atoms with Crippen molar-refractivity contribution in [1.82, 2.24) is 0 Å². The molecule has 2 unspecified atom stereocenters. The second-order valence-electron chi connectivity index (χ2n) is 6.94. The molecule has 0 heterocycles. The zero-order valence-electron chi connectivity index (χ0n) is 13.0. The number of rotatable bonds is 3. The van der Waals surface area contributed by atoms with E-state index in [4.69, 9.17) is 0 Å². The molecule has 2 aromatic rings. The SMILES string of the molecule is CC1CC(C)CC(C(=O)Cc2ccc3ccccc3c2)C1. The van der Waals surface area contributed by atoms with E-state index in [1.165, 1.54) is 17.2 Å². The third-order valence-electron chi connectivity index (χ3n) is 4.83. The summed E-state index contributed by atoms with van der Waals surface area (Å²) in [6, 6.07) is 14.7. The first-order valence-electron chi connectivity index (χ1n) is 8.12. The molecular formula is C20H24O. The molecule has 1 heteroatoms. The lowest BCUT2D eigenvalue weighted by Gasteiger charge is -2.30. The molecule has 2 atom stereocenters. The minimum absolute atomic E-state index is 0.273. The van der Waals surface area contributed by atoms with Gasteiger partial charge in [-0.2, -0.15) is 0 Å². The van der Waals surface area contributed by atoms with Crippen LogP contribution in [0.4, 0.5) is 0 Å². The molecule has 0 amide bonds. The number of carbonyl (C=O) groups is 1. The van der Waals surface area contributed by atoms with Gasteiger partial charge in [0, 0.05) is 12.3 Å². The molecule has 1 aliphatic rings. The predicted octanol–water partition coefficient (Wildman–Crippen LogP) is 5.02. The highest BCUT2D eigenvalue weighted by molar-refractivity contribution is 5.87. The summed E-state index contributed by atoms with van der Waals surface area (Å²) >= 11 is 0. The molecule has 110 valence electrons. The molecule has 0 saturated heterocycles. The van der Waals surface area contributed by atoms with Crippen LogP contribution in [-0.2, 0) is 11.2 Å². The summed E-state index contributed by atoms with van der Waals surface area (Å²) in [7, 11) is 0. The normalized spacial score (nSPS) is 25.9. The van der Waals surface area contributed by atoms with Gasteiger partial charge in [-0.1, -0.05) is 56.3 Å². The zero-order chi connectivity index (χ0) is 14.8. The molecule has 1 saturated carbocycles. The highest BCUT2D eigenvalue weighted by Crippen LogP contribution is 2.34. The van der Waals surface area contributed by atoms with Gasteiger partial charge in [0.2, 0.25) is 0 Å². The number of benzene rings is 2. The van der Waals surface area contributed by atoms with Gasteiger partial charge in [0.05, 0.1) is 0 Å². The molecule has 21 heavy (non-hydrogen) atoms. The van der Waals surface area contributed by atoms with Crippen molar-refractivity contribution in [3.05, 3.63) is 48.0 Å². The zero-order valence-corrected chi connectivity index (χ0v) is 13.0. The van der Waals surface area contributed by atoms with E-state index in [-0.39, 0.29) is 5.92 Å². The summed E-state index contributed by atoms with van der Waals surface area (Å²) in [5.74, 6) is 2.09. The van der Waals surface area contributed by atoms with E-state index in [9.17, 15) is 4.79 Å². The number of fused-ring (bicyclic) bond motifs is 1. The van der Waals surface area contributed by atoms with Crippen LogP contribution in [0.1, 0.15) is 38.7 Å². The molecule has 2 aromatic carbocycles. The molecule has 0 aromatic heterocycles. The first-order valence-corrected chi connectivity index (χ1v) is 8.12. The molecule has 0 bridgehead atoms. The molecule has 1 aliphatic carbocycles. The van der Waals surface area contributed by atoms with Crippen molar-refractivity contribution in [1.29, 1.82) is 0 Å². The van der Waals surface area contributed by atoms with E-state index < -0.39 is 0 Å². The number of Topliss-reactive ketones (excluding diaryl/α,β-unsaturated/α-hetero) is 1. The molecule has 1 fully saturated rings. The number of ketones is 1. The molecule has 0 radical (unpaired) electrons. The smallest absolute Gasteiger partial charge is 0.140 e. The van der Waals surface area contributed by atoms with Crippen LogP contribution in [0.15, 0.2) is 42.5 Å². The monoisotopic (exact) mass is 280 g/mol. The first kappa shape index (κ1) is 14.3. The van der Waals surface area contributed by atoms with Crippen molar-refractivity contribution in [3.63, 3.8) is 0 Å². The standard InChI is InChI=1S/C20H24O/c1-14-9-15(2)11-19(10-14)20(21)13-16-7-8-17-5-3-4-6-18(17)12-16/h3-8,12,14-15,19H,9-11,13H2,1-2H3. The minimum Gasteiger partial charge on any atom is -0.299 e. The Morgan fingerprint density at radius 3 is 2.33 bits per heavy atom. The lowest BCUT2D eigenvalue weighted by atomic mass is 9.74. The third kappa shape index (κ3) is 3.34. The van der Waals surface area contributed by atoms with Gasteiger partial charge < -0.3 is 0 Å². The van der Waals surface area contributed by atoms with Crippen LogP contribution >= 0.6 is 0 Å². The van der Waals surface area contributed by atoms with Crippen LogP contribution in [0.25, 0.3) is 10.8 Å². The first-order chi connectivity index (χ1) is 10.1. The summed E-state index contributed by atoms with van der Waals surface area (Å²) in [6.07, 6.45) is 4.03. The van der Waals surface area contributed by atoms with Crippen molar-refractivity contribution >= 4 is 16.6 Å². The van der Waals surface area contributed by atoms with Gasteiger partial charge >= 0.3 is 0 Å². The highest BCUT2D eigenvalue weighted by atomic mass is 16.1. The van der Waals surface area contributed by atoms with E-state index in [1.54, 1.807) is 0 Å². The fraction of sp³-hybridized carbons (Fsp3) is 0.450.